The summed E-state index contributed by atoms with van der Waals surface area (Å²) in [5, 5.41) is 0. The Morgan fingerprint density at radius 1 is 1.35 bits per heavy atom. The van der Waals surface area contributed by atoms with Crippen LogP contribution in [0.5, 0.6) is 0 Å². The van der Waals surface area contributed by atoms with Crippen molar-refractivity contribution in [2.45, 2.75) is 26.3 Å². The maximum Gasteiger partial charge on any atom is 0.251 e. The van der Waals surface area contributed by atoms with Gasteiger partial charge in [0.2, 0.25) is 0 Å². The number of nitrogens with zero attached hydrogens (tertiary/aromatic N) is 1. The minimum absolute atomic E-state index is 0.0637. The minimum Gasteiger partial charge on any atom is -0.299 e. The lowest BCUT2D eigenvalue weighted by atomic mass is 9.89. The Morgan fingerprint density at radius 2 is 2.00 bits per heavy atom. The summed E-state index contributed by atoms with van der Waals surface area (Å²) < 4.78 is 0. The van der Waals surface area contributed by atoms with Crippen LogP contribution in [0.4, 0.5) is 5.69 Å². The van der Waals surface area contributed by atoms with E-state index in [9.17, 15) is 4.79 Å². The molecule has 0 spiro atoms. The van der Waals surface area contributed by atoms with Gasteiger partial charge in [-0.2, -0.15) is 0 Å². The number of benzene rings is 1. The van der Waals surface area contributed by atoms with Gasteiger partial charge in [-0.3, -0.25) is 9.69 Å². The van der Waals surface area contributed by atoms with Gasteiger partial charge in [0.25, 0.3) is 5.91 Å². The van der Waals surface area contributed by atoms with Gasteiger partial charge in [0.15, 0.2) is 0 Å². The third-order valence-corrected chi connectivity index (χ3v) is 3.11. The van der Waals surface area contributed by atoms with Crippen LogP contribution in [-0.4, -0.2) is 11.4 Å². The smallest absolute Gasteiger partial charge is 0.251 e. The number of para-hydroxylation sites is 1. The summed E-state index contributed by atoms with van der Waals surface area (Å²) in [6.45, 7) is 9.73. The average Bonchev–Trinajstić information content (AvgIpc) is 2.27. The van der Waals surface area contributed by atoms with Crippen molar-refractivity contribution in [3.63, 3.8) is 0 Å². The van der Waals surface area contributed by atoms with Gasteiger partial charge in [0, 0.05) is 5.56 Å². The predicted octanol–water partition coefficient (Wildman–Crippen LogP) is 3.40. The summed E-state index contributed by atoms with van der Waals surface area (Å²) in [4.78, 5) is 13.8. The molecule has 0 bridgehead atoms. The van der Waals surface area contributed by atoms with Crippen LogP contribution in [-0.2, 0) is 4.79 Å². The molecule has 1 aliphatic heterocycles. The number of fused-ring (bicyclic) bond motifs is 1. The van der Waals surface area contributed by atoms with Gasteiger partial charge in [0.05, 0.1) is 11.2 Å². The maximum atomic E-state index is 12.0. The van der Waals surface area contributed by atoms with E-state index in [0.717, 1.165) is 11.3 Å². The van der Waals surface area contributed by atoms with Gasteiger partial charge < -0.3 is 0 Å². The third-order valence-electron chi connectivity index (χ3n) is 3.11. The summed E-state index contributed by atoms with van der Waals surface area (Å²) in [7, 11) is 0. The highest BCUT2D eigenvalue weighted by Crippen LogP contribution is 2.38. The van der Waals surface area contributed by atoms with Crippen molar-refractivity contribution >= 4 is 17.2 Å². The summed E-state index contributed by atoms with van der Waals surface area (Å²) in [5.41, 5.74) is 2.96. The van der Waals surface area contributed by atoms with Gasteiger partial charge in [-0.15, -0.1) is 0 Å². The van der Waals surface area contributed by atoms with Crippen molar-refractivity contribution in [1.82, 2.24) is 0 Å². The van der Waals surface area contributed by atoms with Crippen LogP contribution in [0, 0.1) is 0 Å². The number of anilines is 1. The van der Waals surface area contributed by atoms with Gasteiger partial charge in [-0.1, -0.05) is 30.9 Å². The second kappa shape index (κ2) is 3.88. The molecule has 88 valence electrons. The van der Waals surface area contributed by atoms with Crippen molar-refractivity contribution in [2.24, 2.45) is 0 Å². The molecule has 0 aromatic heterocycles. The molecule has 17 heavy (non-hydrogen) atoms. The summed E-state index contributed by atoms with van der Waals surface area (Å²) in [6.07, 6.45) is 3.49. The lowest BCUT2D eigenvalue weighted by molar-refractivity contribution is -0.114. The molecule has 2 heteroatoms. The zero-order valence-electron chi connectivity index (χ0n) is 10.5. The fourth-order valence-corrected chi connectivity index (χ4v) is 2.48. The van der Waals surface area contributed by atoms with Gasteiger partial charge >= 0.3 is 0 Å². The number of amides is 1. The van der Waals surface area contributed by atoms with Crippen LogP contribution >= 0.6 is 0 Å². The number of carbonyl (C=O) groups is 1. The van der Waals surface area contributed by atoms with E-state index in [2.05, 4.69) is 19.6 Å². The number of carbonyl (C=O) groups excluding carboxylic acids is 1. The molecular weight excluding hydrogens is 210 g/mol. The first-order valence-electron chi connectivity index (χ1n) is 5.73. The molecule has 0 unspecified atom stereocenters. The molecule has 1 aromatic carbocycles. The molecule has 1 amide bonds. The fraction of sp³-hybridized carbons (Fsp3) is 0.267. The van der Waals surface area contributed by atoms with Crippen LogP contribution in [0.15, 0.2) is 43.0 Å². The second-order valence-electron chi connectivity index (χ2n) is 4.88. The Hall–Kier alpha value is -1.83. The largest absolute Gasteiger partial charge is 0.299 e. The van der Waals surface area contributed by atoms with Gasteiger partial charge in [-0.05, 0) is 38.5 Å². The lowest BCUT2D eigenvalue weighted by Gasteiger charge is -2.41. The molecule has 0 saturated heterocycles. The van der Waals surface area contributed by atoms with E-state index < -0.39 is 0 Å². The quantitative estimate of drug-likeness (QED) is 0.673. The van der Waals surface area contributed by atoms with E-state index >= 15 is 0 Å². The van der Waals surface area contributed by atoms with Crippen LogP contribution in [0.1, 0.15) is 26.3 Å². The average molecular weight is 227 g/mol. The minimum atomic E-state index is -0.316. The Kier molecular flexibility index (Phi) is 2.66. The van der Waals surface area contributed by atoms with Crippen molar-refractivity contribution in [2.75, 3.05) is 4.90 Å². The number of allylic oxidation sites excluding steroid dienone is 1. The van der Waals surface area contributed by atoms with Crippen molar-refractivity contribution < 1.29 is 4.79 Å². The molecule has 1 aromatic rings. The first-order chi connectivity index (χ1) is 7.97. The second-order valence-corrected chi connectivity index (χ2v) is 4.88. The third kappa shape index (κ3) is 1.80. The normalized spacial score (nSPS) is 17.1. The van der Waals surface area contributed by atoms with Gasteiger partial charge in [-0.25, -0.2) is 0 Å². The number of hydrogen-bond donors (Lipinski definition) is 0. The monoisotopic (exact) mass is 227 g/mol. The maximum absolute atomic E-state index is 12.0. The predicted molar refractivity (Wildman–Crippen MR) is 71.9 cm³/mol. The van der Waals surface area contributed by atoms with E-state index in [1.807, 2.05) is 38.1 Å². The lowest BCUT2D eigenvalue weighted by Crippen LogP contribution is -2.48. The van der Waals surface area contributed by atoms with Crippen LogP contribution in [0.2, 0.25) is 0 Å². The molecular formula is C15H17NO. The van der Waals surface area contributed by atoms with E-state index in [1.54, 1.807) is 4.90 Å². The molecule has 2 rings (SSSR count). The molecule has 1 aliphatic rings. The summed E-state index contributed by atoms with van der Waals surface area (Å²) in [6, 6.07) is 7.97. The molecule has 0 aliphatic carbocycles. The van der Waals surface area contributed by atoms with Crippen LogP contribution in [0.25, 0.3) is 5.57 Å². The molecule has 0 N–H and O–H groups in total. The Balaban J connectivity index is 2.66. The van der Waals surface area contributed by atoms with Crippen LogP contribution < -0.4 is 4.90 Å². The van der Waals surface area contributed by atoms with E-state index in [1.165, 1.54) is 11.6 Å². The molecule has 0 atom stereocenters. The zero-order chi connectivity index (χ0) is 12.6. The molecule has 0 saturated carbocycles. The number of rotatable bonds is 1. The topological polar surface area (TPSA) is 20.3 Å². The Bertz CT molecular complexity index is 511. The fourth-order valence-electron chi connectivity index (χ4n) is 2.48. The molecule has 1 heterocycles. The van der Waals surface area contributed by atoms with Crippen molar-refractivity contribution in [3.8, 4) is 0 Å². The first kappa shape index (κ1) is 11.6. The standard InChI is InChI=1S/C15H17NO/c1-5-14(17)16-13-9-7-6-8-12(13)11(2)10-15(16,3)4/h5-10H,1H2,2-4H3. The summed E-state index contributed by atoms with van der Waals surface area (Å²) >= 11 is 0. The van der Waals surface area contributed by atoms with E-state index in [4.69, 9.17) is 0 Å². The zero-order valence-corrected chi connectivity index (χ0v) is 10.5. The van der Waals surface area contributed by atoms with E-state index in [-0.39, 0.29) is 11.4 Å². The number of hydrogen-bond acceptors (Lipinski definition) is 1. The van der Waals surface area contributed by atoms with Crippen LogP contribution in [0.3, 0.4) is 0 Å². The molecule has 0 radical (unpaired) electrons. The van der Waals surface area contributed by atoms with Crippen molar-refractivity contribution in [3.05, 3.63) is 48.6 Å². The SMILES string of the molecule is C=CC(=O)N1c2ccccc2C(C)=CC1(C)C. The highest BCUT2D eigenvalue weighted by atomic mass is 16.2. The molecule has 0 fully saturated rings. The van der Waals surface area contributed by atoms with Gasteiger partial charge in [0.1, 0.15) is 0 Å². The highest BCUT2D eigenvalue weighted by Gasteiger charge is 2.34. The summed E-state index contributed by atoms with van der Waals surface area (Å²) in [5.74, 6) is -0.0637. The first-order valence-corrected chi connectivity index (χ1v) is 5.73. The van der Waals surface area contributed by atoms with Crippen molar-refractivity contribution in [1.29, 1.82) is 0 Å². The Morgan fingerprint density at radius 3 is 2.65 bits per heavy atom. The molecule has 2 nitrogen and oxygen atoms in total. The van der Waals surface area contributed by atoms with E-state index in [0.29, 0.717) is 0 Å². The Labute approximate surface area is 102 Å². The highest BCUT2D eigenvalue weighted by molar-refractivity contribution is 6.05.